The molecule has 1 aliphatic rings. The van der Waals surface area contributed by atoms with Crippen LogP contribution in [0.4, 0.5) is 5.69 Å². The van der Waals surface area contributed by atoms with Gasteiger partial charge in [-0.15, -0.1) is 0 Å². The van der Waals surface area contributed by atoms with Crippen molar-refractivity contribution in [1.29, 1.82) is 0 Å². The molecule has 1 saturated heterocycles. The van der Waals surface area contributed by atoms with Crippen LogP contribution in [0, 0.1) is 0 Å². The normalized spacial score (nSPS) is 17.9. The minimum Gasteiger partial charge on any atom is -0.398 e. The van der Waals surface area contributed by atoms with E-state index < -0.39 is 0 Å². The van der Waals surface area contributed by atoms with Crippen LogP contribution in [0.2, 0.25) is 0 Å². The van der Waals surface area contributed by atoms with E-state index in [1.54, 1.807) is 0 Å². The summed E-state index contributed by atoms with van der Waals surface area (Å²) < 4.78 is 1.02. The number of hydrogen-bond donors (Lipinski definition) is 1. The second-order valence-electron chi connectivity index (χ2n) is 3.75. The second kappa shape index (κ2) is 4.96. The maximum atomic E-state index is 5.93. The Morgan fingerprint density at radius 3 is 2.93 bits per heavy atom. The molecule has 0 atom stereocenters. The molecule has 4 heteroatoms. The Kier molecular flexibility index (Phi) is 3.61. The lowest BCUT2D eigenvalue weighted by atomic mass is 10.1. The number of nitrogens with two attached hydrogens (primary N) is 1. The minimum atomic E-state index is 0.777. The smallest absolute Gasteiger partial charge is 0.0685 e. The summed E-state index contributed by atoms with van der Waals surface area (Å²) >= 11 is 3.40. The summed E-state index contributed by atoms with van der Waals surface area (Å²) in [6.07, 6.45) is 2.36. The van der Waals surface area contributed by atoms with Gasteiger partial charge in [-0.25, -0.2) is 0 Å². The standard InChI is InChI=1S/C11H15BrN2O/c12-10-4-3-9(11(13)7-10)8-14-5-1-2-6-15-14/h3-4,7H,1-2,5-6,8,13H2. The van der Waals surface area contributed by atoms with Gasteiger partial charge in [0.2, 0.25) is 0 Å². The van der Waals surface area contributed by atoms with Gasteiger partial charge in [-0.05, 0) is 30.5 Å². The number of rotatable bonds is 2. The molecule has 0 bridgehead atoms. The molecule has 82 valence electrons. The lowest BCUT2D eigenvalue weighted by Gasteiger charge is -2.26. The summed E-state index contributed by atoms with van der Waals surface area (Å²) in [6, 6.07) is 5.98. The Hall–Kier alpha value is -0.580. The van der Waals surface area contributed by atoms with E-state index in [4.69, 9.17) is 10.6 Å². The van der Waals surface area contributed by atoms with Gasteiger partial charge >= 0.3 is 0 Å². The first-order valence-corrected chi connectivity index (χ1v) is 5.97. The topological polar surface area (TPSA) is 38.5 Å². The number of halogens is 1. The number of anilines is 1. The van der Waals surface area contributed by atoms with Gasteiger partial charge in [0.25, 0.3) is 0 Å². The van der Waals surface area contributed by atoms with Gasteiger partial charge in [0.05, 0.1) is 13.2 Å². The SMILES string of the molecule is Nc1cc(Br)ccc1CN1CCCCO1. The molecule has 1 aromatic rings. The van der Waals surface area contributed by atoms with Crippen LogP contribution in [0.1, 0.15) is 18.4 Å². The first kappa shape index (κ1) is 10.9. The lowest BCUT2D eigenvalue weighted by molar-refractivity contribution is -0.187. The molecule has 0 amide bonds. The van der Waals surface area contributed by atoms with E-state index in [1.165, 1.54) is 6.42 Å². The fourth-order valence-electron chi connectivity index (χ4n) is 1.67. The van der Waals surface area contributed by atoms with Crippen LogP contribution in [-0.2, 0) is 11.4 Å². The van der Waals surface area contributed by atoms with Gasteiger partial charge < -0.3 is 5.73 Å². The maximum absolute atomic E-state index is 5.93. The number of hydroxylamine groups is 2. The van der Waals surface area contributed by atoms with Gasteiger partial charge in [0.1, 0.15) is 0 Å². The summed E-state index contributed by atoms with van der Waals surface area (Å²) in [5.74, 6) is 0. The summed E-state index contributed by atoms with van der Waals surface area (Å²) in [5.41, 5.74) is 7.87. The Balaban J connectivity index is 2.03. The molecule has 2 N–H and O–H groups in total. The van der Waals surface area contributed by atoms with Gasteiger partial charge in [0, 0.05) is 16.7 Å². The van der Waals surface area contributed by atoms with E-state index in [-0.39, 0.29) is 0 Å². The molecule has 3 nitrogen and oxygen atoms in total. The van der Waals surface area contributed by atoms with Gasteiger partial charge in [0.15, 0.2) is 0 Å². The highest BCUT2D eigenvalue weighted by Crippen LogP contribution is 2.21. The predicted octanol–water partition coefficient (Wildman–Crippen LogP) is 2.56. The van der Waals surface area contributed by atoms with Crippen molar-refractivity contribution < 1.29 is 4.84 Å². The Bertz CT molecular complexity index is 337. The fraction of sp³-hybridized carbons (Fsp3) is 0.455. The molecule has 2 rings (SSSR count). The minimum absolute atomic E-state index is 0.777. The number of benzene rings is 1. The van der Waals surface area contributed by atoms with Crippen molar-refractivity contribution in [3.63, 3.8) is 0 Å². The van der Waals surface area contributed by atoms with Crippen LogP contribution in [0.15, 0.2) is 22.7 Å². The molecule has 0 unspecified atom stereocenters. The molecule has 0 aliphatic carbocycles. The van der Waals surface area contributed by atoms with Crippen LogP contribution in [0.3, 0.4) is 0 Å². The average molecular weight is 271 g/mol. The van der Waals surface area contributed by atoms with E-state index in [2.05, 4.69) is 15.9 Å². The molecule has 0 saturated carbocycles. The van der Waals surface area contributed by atoms with Crippen LogP contribution in [-0.4, -0.2) is 18.2 Å². The maximum Gasteiger partial charge on any atom is 0.0685 e. The molecule has 1 fully saturated rings. The Labute approximate surface area is 98.3 Å². The zero-order valence-electron chi connectivity index (χ0n) is 8.58. The first-order valence-electron chi connectivity index (χ1n) is 5.17. The van der Waals surface area contributed by atoms with Gasteiger partial charge in [-0.3, -0.25) is 4.84 Å². The molecule has 15 heavy (non-hydrogen) atoms. The van der Waals surface area contributed by atoms with Crippen molar-refractivity contribution in [2.75, 3.05) is 18.9 Å². The average Bonchev–Trinajstić information content (AvgIpc) is 2.24. The third-order valence-electron chi connectivity index (χ3n) is 2.53. The van der Waals surface area contributed by atoms with Gasteiger partial charge in [-0.1, -0.05) is 22.0 Å². The van der Waals surface area contributed by atoms with Crippen molar-refractivity contribution in [2.45, 2.75) is 19.4 Å². The number of hydrogen-bond acceptors (Lipinski definition) is 3. The van der Waals surface area contributed by atoms with Crippen molar-refractivity contribution in [3.8, 4) is 0 Å². The van der Waals surface area contributed by atoms with Crippen molar-refractivity contribution in [3.05, 3.63) is 28.2 Å². The summed E-state index contributed by atoms with van der Waals surface area (Å²) in [7, 11) is 0. The third-order valence-corrected chi connectivity index (χ3v) is 3.02. The number of nitrogen functional groups attached to an aromatic ring is 1. The molecule has 1 aliphatic heterocycles. The Morgan fingerprint density at radius 2 is 2.27 bits per heavy atom. The monoisotopic (exact) mass is 270 g/mol. The molecule has 0 aromatic heterocycles. The van der Waals surface area contributed by atoms with Crippen LogP contribution >= 0.6 is 15.9 Å². The highest BCUT2D eigenvalue weighted by molar-refractivity contribution is 9.10. The first-order chi connectivity index (χ1) is 7.25. The summed E-state index contributed by atoms with van der Waals surface area (Å²) in [6.45, 7) is 2.60. The predicted molar refractivity (Wildman–Crippen MR) is 64.2 cm³/mol. The van der Waals surface area contributed by atoms with E-state index in [9.17, 15) is 0 Å². The van der Waals surface area contributed by atoms with E-state index >= 15 is 0 Å². The van der Waals surface area contributed by atoms with E-state index in [1.807, 2.05) is 23.3 Å². The van der Waals surface area contributed by atoms with E-state index in [0.717, 1.165) is 41.8 Å². The molecule has 0 spiro atoms. The zero-order chi connectivity index (χ0) is 10.7. The van der Waals surface area contributed by atoms with Crippen LogP contribution in [0.5, 0.6) is 0 Å². The largest absolute Gasteiger partial charge is 0.398 e. The summed E-state index contributed by atoms with van der Waals surface area (Å²) in [5, 5.41) is 1.99. The van der Waals surface area contributed by atoms with Crippen molar-refractivity contribution in [2.24, 2.45) is 0 Å². The highest BCUT2D eigenvalue weighted by Gasteiger charge is 2.12. The van der Waals surface area contributed by atoms with Crippen molar-refractivity contribution >= 4 is 21.6 Å². The van der Waals surface area contributed by atoms with Crippen molar-refractivity contribution in [1.82, 2.24) is 5.06 Å². The quantitative estimate of drug-likeness (QED) is 0.840. The highest BCUT2D eigenvalue weighted by atomic mass is 79.9. The molecule has 0 radical (unpaired) electrons. The van der Waals surface area contributed by atoms with Crippen LogP contribution < -0.4 is 5.73 Å². The Morgan fingerprint density at radius 1 is 1.40 bits per heavy atom. The molecular weight excluding hydrogens is 256 g/mol. The third kappa shape index (κ3) is 2.93. The molecule has 1 aromatic carbocycles. The second-order valence-corrected chi connectivity index (χ2v) is 4.66. The van der Waals surface area contributed by atoms with E-state index in [0.29, 0.717) is 0 Å². The molecule has 1 heterocycles. The van der Waals surface area contributed by atoms with Gasteiger partial charge in [-0.2, -0.15) is 5.06 Å². The molecular formula is C11H15BrN2O. The van der Waals surface area contributed by atoms with Crippen LogP contribution in [0.25, 0.3) is 0 Å². The summed E-state index contributed by atoms with van der Waals surface area (Å²) in [4.78, 5) is 5.53. The fourth-order valence-corrected chi connectivity index (χ4v) is 2.05. The lowest BCUT2D eigenvalue weighted by Crippen LogP contribution is -2.29. The number of nitrogens with zero attached hydrogens (tertiary/aromatic N) is 1. The zero-order valence-corrected chi connectivity index (χ0v) is 10.2.